The van der Waals surface area contributed by atoms with Gasteiger partial charge in [-0.15, -0.1) is 0 Å². The first-order chi connectivity index (χ1) is 12.6. The van der Waals surface area contributed by atoms with Gasteiger partial charge in [-0.1, -0.05) is 42.5 Å². The van der Waals surface area contributed by atoms with E-state index in [4.69, 9.17) is 0 Å². The van der Waals surface area contributed by atoms with Crippen LogP contribution in [0.1, 0.15) is 32.0 Å². The molecule has 0 aliphatic rings. The average Bonchev–Trinajstić information content (AvgIpc) is 2.68. The number of amides is 1. The van der Waals surface area contributed by atoms with Crippen molar-refractivity contribution in [2.45, 2.75) is 13.0 Å². The van der Waals surface area contributed by atoms with Gasteiger partial charge >= 0.3 is 0 Å². The number of benzene rings is 2. The summed E-state index contributed by atoms with van der Waals surface area (Å²) in [6.45, 7) is 0.291. The molecule has 0 unspecified atom stereocenters. The zero-order chi connectivity index (χ0) is 18.4. The molecule has 1 amide bonds. The summed E-state index contributed by atoms with van der Waals surface area (Å²) in [5, 5.41) is 2.77. The van der Waals surface area contributed by atoms with E-state index in [-0.39, 0.29) is 23.9 Å². The molecule has 0 bridgehead atoms. The van der Waals surface area contributed by atoms with Crippen LogP contribution in [-0.2, 0) is 13.0 Å². The molecule has 0 fully saturated rings. The third-order valence-corrected chi connectivity index (χ3v) is 3.88. The highest BCUT2D eigenvalue weighted by molar-refractivity contribution is 5.98. The molecule has 0 atom stereocenters. The van der Waals surface area contributed by atoms with E-state index in [1.54, 1.807) is 48.5 Å². The van der Waals surface area contributed by atoms with Crippen molar-refractivity contribution in [3.63, 3.8) is 0 Å². The Morgan fingerprint density at radius 2 is 1.65 bits per heavy atom. The maximum absolute atomic E-state index is 12.9. The van der Waals surface area contributed by atoms with Crippen LogP contribution in [0, 0.1) is 5.82 Å². The van der Waals surface area contributed by atoms with Gasteiger partial charge in [0.25, 0.3) is 5.91 Å². The van der Waals surface area contributed by atoms with Gasteiger partial charge in [0.2, 0.25) is 0 Å². The number of halogens is 1. The number of hydrogen-bond donors (Lipinski definition) is 1. The zero-order valence-electron chi connectivity index (χ0n) is 14.0. The zero-order valence-corrected chi connectivity index (χ0v) is 14.0. The van der Waals surface area contributed by atoms with Crippen LogP contribution in [0.15, 0.2) is 72.9 Å². The molecule has 0 radical (unpaired) electrons. The number of carbonyl (C=O) groups excluding carboxylic acids is 2. The molecule has 0 aliphatic carbocycles. The van der Waals surface area contributed by atoms with E-state index in [0.717, 1.165) is 5.56 Å². The Morgan fingerprint density at radius 1 is 0.923 bits per heavy atom. The predicted molar refractivity (Wildman–Crippen MR) is 96.3 cm³/mol. The van der Waals surface area contributed by atoms with Gasteiger partial charge in [0.05, 0.1) is 6.42 Å². The lowest BCUT2D eigenvalue weighted by Gasteiger charge is -2.07. The molecule has 5 heteroatoms. The average molecular weight is 348 g/mol. The third-order valence-electron chi connectivity index (χ3n) is 3.88. The summed E-state index contributed by atoms with van der Waals surface area (Å²) < 4.78 is 12.9. The van der Waals surface area contributed by atoms with E-state index in [1.807, 2.05) is 6.07 Å². The monoisotopic (exact) mass is 348 g/mol. The Kier molecular flexibility index (Phi) is 5.49. The van der Waals surface area contributed by atoms with Crippen molar-refractivity contribution < 1.29 is 14.0 Å². The molecule has 0 saturated heterocycles. The summed E-state index contributed by atoms with van der Waals surface area (Å²) >= 11 is 0. The quantitative estimate of drug-likeness (QED) is 0.693. The van der Waals surface area contributed by atoms with Crippen LogP contribution >= 0.6 is 0 Å². The highest BCUT2D eigenvalue weighted by atomic mass is 19.1. The molecule has 3 rings (SSSR count). The van der Waals surface area contributed by atoms with E-state index in [9.17, 15) is 14.0 Å². The summed E-state index contributed by atoms with van der Waals surface area (Å²) in [5.74, 6) is -0.644. The van der Waals surface area contributed by atoms with Crippen LogP contribution in [0.3, 0.4) is 0 Å². The fraction of sp³-hybridized carbons (Fsp3) is 0.0952. The number of nitrogens with zero attached hydrogens (tertiary/aromatic N) is 1. The van der Waals surface area contributed by atoms with Crippen LogP contribution in [0.25, 0.3) is 0 Å². The second-order valence-corrected chi connectivity index (χ2v) is 5.81. The van der Waals surface area contributed by atoms with Gasteiger partial charge in [-0.3, -0.25) is 14.6 Å². The fourth-order valence-corrected chi connectivity index (χ4v) is 2.49. The number of pyridine rings is 1. The lowest BCUT2D eigenvalue weighted by Crippen LogP contribution is -2.23. The minimum absolute atomic E-state index is 0.0537. The molecule has 1 N–H and O–H groups in total. The molecular weight excluding hydrogens is 331 g/mol. The maximum Gasteiger partial charge on any atom is 0.251 e. The largest absolute Gasteiger partial charge is 0.348 e. The van der Waals surface area contributed by atoms with Crippen LogP contribution in [0.4, 0.5) is 4.39 Å². The smallest absolute Gasteiger partial charge is 0.251 e. The second-order valence-electron chi connectivity index (χ2n) is 5.81. The van der Waals surface area contributed by atoms with Crippen LogP contribution in [-0.4, -0.2) is 16.7 Å². The van der Waals surface area contributed by atoms with E-state index in [0.29, 0.717) is 23.4 Å². The topological polar surface area (TPSA) is 59.1 Å². The highest BCUT2D eigenvalue weighted by Crippen LogP contribution is 2.09. The summed E-state index contributed by atoms with van der Waals surface area (Å²) in [6, 6.07) is 18.1. The number of carbonyl (C=O) groups is 2. The van der Waals surface area contributed by atoms with Gasteiger partial charge in [0.15, 0.2) is 5.78 Å². The summed E-state index contributed by atoms with van der Waals surface area (Å²) in [4.78, 5) is 28.7. The summed E-state index contributed by atoms with van der Waals surface area (Å²) in [6.07, 6.45) is 1.64. The van der Waals surface area contributed by atoms with E-state index >= 15 is 0 Å². The molecule has 1 aromatic heterocycles. The standard InChI is InChI=1S/C21H17FN2O2/c22-18-8-6-15(7-9-18)14-24-21(26)17-10-11-23-19(12-17)13-20(25)16-4-2-1-3-5-16/h1-12H,13-14H2,(H,24,26). The molecule has 3 aromatic rings. The van der Waals surface area contributed by atoms with Gasteiger partial charge < -0.3 is 5.32 Å². The molecule has 0 aliphatic heterocycles. The van der Waals surface area contributed by atoms with Crippen molar-refractivity contribution in [1.29, 1.82) is 0 Å². The van der Waals surface area contributed by atoms with Crippen LogP contribution in [0.2, 0.25) is 0 Å². The van der Waals surface area contributed by atoms with Crippen molar-refractivity contribution in [1.82, 2.24) is 10.3 Å². The molecule has 0 spiro atoms. The van der Waals surface area contributed by atoms with Gasteiger partial charge in [0.1, 0.15) is 5.82 Å². The van der Waals surface area contributed by atoms with E-state index in [2.05, 4.69) is 10.3 Å². The molecule has 1 heterocycles. The van der Waals surface area contributed by atoms with Crippen LogP contribution in [0.5, 0.6) is 0 Å². The lowest BCUT2D eigenvalue weighted by molar-refractivity contribution is 0.0947. The van der Waals surface area contributed by atoms with Gasteiger partial charge in [-0.2, -0.15) is 0 Å². The van der Waals surface area contributed by atoms with Crippen molar-refractivity contribution in [3.8, 4) is 0 Å². The summed E-state index contributed by atoms with van der Waals surface area (Å²) in [7, 11) is 0. The fourth-order valence-electron chi connectivity index (χ4n) is 2.49. The van der Waals surface area contributed by atoms with Crippen molar-refractivity contribution >= 4 is 11.7 Å². The Morgan fingerprint density at radius 3 is 2.38 bits per heavy atom. The molecule has 0 saturated carbocycles. The molecule has 130 valence electrons. The Labute approximate surface area is 150 Å². The summed E-state index contributed by atoms with van der Waals surface area (Å²) in [5.41, 5.74) is 2.38. The lowest BCUT2D eigenvalue weighted by atomic mass is 10.1. The number of Topliss-reactive ketones (excluding diaryl/α,β-unsaturated/α-hetero) is 1. The Balaban J connectivity index is 1.63. The van der Waals surface area contributed by atoms with Crippen molar-refractivity contribution in [2.24, 2.45) is 0 Å². The molecule has 26 heavy (non-hydrogen) atoms. The highest BCUT2D eigenvalue weighted by Gasteiger charge is 2.11. The predicted octanol–water partition coefficient (Wildman–Crippen LogP) is 3.58. The minimum Gasteiger partial charge on any atom is -0.348 e. The van der Waals surface area contributed by atoms with Crippen LogP contribution < -0.4 is 5.32 Å². The number of nitrogens with one attached hydrogen (secondary N) is 1. The minimum atomic E-state index is -0.318. The molecular formula is C21H17FN2O2. The first-order valence-electron chi connectivity index (χ1n) is 8.17. The van der Waals surface area contributed by atoms with Gasteiger partial charge in [-0.25, -0.2) is 4.39 Å². The Bertz CT molecular complexity index is 909. The maximum atomic E-state index is 12.9. The second kappa shape index (κ2) is 8.16. The Hall–Kier alpha value is -3.34. The SMILES string of the molecule is O=C(Cc1cc(C(=O)NCc2ccc(F)cc2)ccn1)c1ccccc1. The first kappa shape index (κ1) is 17.5. The number of rotatable bonds is 6. The molecule has 2 aromatic carbocycles. The first-order valence-corrected chi connectivity index (χ1v) is 8.17. The van der Waals surface area contributed by atoms with Gasteiger partial charge in [-0.05, 0) is 29.8 Å². The number of hydrogen-bond acceptors (Lipinski definition) is 3. The van der Waals surface area contributed by atoms with Crippen molar-refractivity contribution in [2.75, 3.05) is 0 Å². The van der Waals surface area contributed by atoms with E-state index in [1.165, 1.54) is 18.3 Å². The third kappa shape index (κ3) is 4.60. The number of aromatic nitrogens is 1. The number of ketones is 1. The van der Waals surface area contributed by atoms with Gasteiger partial charge in [0, 0.05) is 29.6 Å². The van der Waals surface area contributed by atoms with Crippen molar-refractivity contribution in [3.05, 3.63) is 101 Å². The van der Waals surface area contributed by atoms with E-state index < -0.39 is 0 Å². The molecule has 4 nitrogen and oxygen atoms in total. The normalized spacial score (nSPS) is 10.3.